The number of anilines is 1. The molecular weight excluding hydrogens is 367 g/mol. The SMILES string of the molecule is O=S(=O)(c1ccc(N2CCC(Oc3ccc(F)cc3)CC2)cc1)C(F)F. The molecule has 0 unspecified atom stereocenters. The van der Waals surface area contributed by atoms with Crippen LogP contribution in [-0.2, 0) is 9.84 Å². The van der Waals surface area contributed by atoms with Crippen LogP contribution in [0.4, 0.5) is 18.9 Å². The number of nitrogens with zero attached hydrogens (tertiary/aromatic N) is 1. The molecule has 1 heterocycles. The van der Waals surface area contributed by atoms with Gasteiger partial charge in [0.1, 0.15) is 17.7 Å². The van der Waals surface area contributed by atoms with Crippen LogP contribution in [0.2, 0.25) is 0 Å². The predicted octanol–water partition coefficient (Wildman–Crippen LogP) is 3.87. The minimum absolute atomic E-state index is 0.00944. The Balaban J connectivity index is 1.59. The summed E-state index contributed by atoms with van der Waals surface area (Å²) in [6, 6.07) is 11.4. The quantitative estimate of drug-likeness (QED) is 0.784. The molecule has 0 spiro atoms. The fraction of sp³-hybridized carbons (Fsp3) is 0.333. The van der Waals surface area contributed by atoms with Crippen LogP contribution in [0.25, 0.3) is 0 Å². The van der Waals surface area contributed by atoms with Crippen LogP contribution < -0.4 is 9.64 Å². The first-order chi connectivity index (χ1) is 12.4. The zero-order chi connectivity index (χ0) is 18.7. The van der Waals surface area contributed by atoms with Crippen molar-refractivity contribution in [2.75, 3.05) is 18.0 Å². The lowest BCUT2D eigenvalue weighted by Gasteiger charge is -2.33. The fourth-order valence-electron chi connectivity index (χ4n) is 2.89. The molecule has 26 heavy (non-hydrogen) atoms. The average Bonchev–Trinajstić information content (AvgIpc) is 2.64. The van der Waals surface area contributed by atoms with Gasteiger partial charge in [0.2, 0.25) is 9.84 Å². The van der Waals surface area contributed by atoms with Crippen LogP contribution in [0.15, 0.2) is 53.4 Å². The third-order valence-corrected chi connectivity index (χ3v) is 5.72. The van der Waals surface area contributed by atoms with Gasteiger partial charge in [0.25, 0.3) is 0 Å². The van der Waals surface area contributed by atoms with E-state index in [1.54, 1.807) is 12.1 Å². The normalized spacial score (nSPS) is 16.1. The van der Waals surface area contributed by atoms with E-state index < -0.39 is 15.6 Å². The van der Waals surface area contributed by atoms with Gasteiger partial charge in [0.15, 0.2) is 0 Å². The number of ether oxygens (including phenoxy) is 1. The van der Waals surface area contributed by atoms with Gasteiger partial charge >= 0.3 is 5.76 Å². The average molecular weight is 385 g/mol. The van der Waals surface area contributed by atoms with Crippen molar-refractivity contribution < 1.29 is 26.3 Å². The number of alkyl halides is 2. The first kappa shape index (κ1) is 18.6. The second-order valence-electron chi connectivity index (χ2n) is 6.06. The molecule has 0 radical (unpaired) electrons. The van der Waals surface area contributed by atoms with E-state index in [9.17, 15) is 21.6 Å². The van der Waals surface area contributed by atoms with E-state index in [0.717, 1.165) is 18.5 Å². The highest BCUT2D eigenvalue weighted by atomic mass is 32.2. The van der Waals surface area contributed by atoms with Gasteiger partial charge < -0.3 is 9.64 Å². The predicted molar refractivity (Wildman–Crippen MR) is 91.9 cm³/mol. The Morgan fingerprint density at radius 2 is 1.54 bits per heavy atom. The Kier molecular flexibility index (Phi) is 5.41. The summed E-state index contributed by atoms with van der Waals surface area (Å²) in [5, 5.41) is 0. The van der Waals surface area contributed by atoms with Gasteiger partial charge in [-0.25, -0.2) is 12.8 Å². The van der Waals surface area contributed by atoms with Crippen LogP contribution in [0.5, 0.6) is 5.75 Å². The van der Waals surface area contributed by atoms with Crippen LogP contribution in [0.1, 0.15) is 12.8 Å². The smallest absolute Gasteiger partial charge is 0.341 e. The lowest BCUT2D eigenvalue weighted by Crippen LogP contribution is -2.38. The van der Waals surface area contributed by atoms with E-state index in [4.69, 9.17) is 4.74 Å². The molecule has 1 aliphatic heterocycles. The summed E-state index contributed by atoms with van der Waals surface area (Å²) in [5.74, 6) is -3.12. The molecule has 0 aliphatic carbocycles. The Morgan fingerprint density at radius 1 is 0.962 bits per heavy atom. The van der Waals surface area contributed by atoms with Crippen LogP contribution in [0.3, 0.4) is 0 Å². The fourth-order valence-corrected chi connectivity index (χ4v) is 3.61. The van der Waals surface area contributed by atoms with E-state index in [0.29, 0.717) is 18.8 Å². The molecule has 8 heteroatoms. The van der Waals surface area contributed by atoms with E-state index in [-0.39, 0.29) is 16.8 Å². The lowest BCUT2D eigenvalue weighted by molar-refractivity contribution is 0.171. The lowest BCUT2D eigenvalue weighted by atomic mass is 10.1. The molecule has 140 valence electrons. The van der Waals surface area contributed by atoms with Gasteiger partial charge in [-0.05, 0) is 48.5 Å². The van der Waals surface area contributed by atoms with Crippen molar-refractivity contribution in [2.45, 2.75) is 29.6 Å². The number of hydrogen-bond donors (Lipinski definition) is 0. The second-order valence-corrected chi connectivity index (χ2v) is 7.98. The number of sulfone groups is 1. The van der Waals surface area contributed by atoms with Crippen molar-refractivity contribution in [2.24, 2.45) is 0 Å². The van der Waals surface area contributed by atoms with Crippen molar-refractivity contribution in [3.63, 3.8) is 0 Å². The Labute approximate surface area is 150 Å². The Bertz CT molecular complexity index is 831. The Morgan fingerprint density at radius 3 is 2.08 bits per heavy atom. The minimum atomic E-state index is -4.57. The topological polar surface area (TPSA) is 46.6 Å². The zero-order valence-corrected chi connectivity index (χ0v) is 14.6. The first-order valence-corrected chi connectivity index (χ1v) is 9.70. The molecule has 2 aromatic rings. The number of piperidine rings is 1. The zero-order valence-electron chi connectivity index (χ0n) is 13.8. The molecule has 0 N–H and O–H groups in total. The van der Waals surface area contributed by atoms with Gasteiger partial charge in [-0.2, -0.15) is 8.78 Å². The maximum absolute atomic E-state index is 12.9. The summed E-state index contributed by atoms with van der Waals surface area (Å²) < 4.78 is 66.8. The number of halogens is 3. The number of hydrogen-bond acceptors (Lipinski definition) is 4. The van der Waals surface area contributed by atoms with Crippen LogP contribution >= 0.6 is 0 Å². The molecule has 3 rings (SSSR count). The molecule has 1 fully saturated rings. The van der Waals surface area contributed by atoms with Crippen molar-refractivity contribution in [1.82, 2.24) is 0 Å². The first-order valence-electron chi connectivity index (χ1n) is 8.15. The van der Waals surface area contributed by atoms with E-state index >= 15 is 0 Å². The van der Waals surface area contributed by atoms with Gasteiger partial charge in [-0.1, -0.05) is 0 Å². The van der Waals surface area contributed by atoms with Gasteiger partial charge in [0, 0.05) is 31.6 Å². The monoisotopic (exact) mass is 385 g/mol. The molecule has 2 aromatic carbocycles. The van der Waals surface area contributed by atoms with Gasteiger partial charge in [-0.15, -0.1) is 0 Å². The summed E-state index contributed by atoms with van der Waals surface area (Å²) in [6.45, 7) is 1.37. The molecule has 0 atom stereocenters. The van der Waals surface area contributed by atoms with E-state index in [1.165, 1.54) is 36.4 Å². The van der Waals surface area contributed by atoms with Gasteiger partial charge in [0.05, 0.1) is 4.90 Å². The third kappa shape index (κ3) is 4.12. The van der Waals surface area contributed by atoms with Gasteiger partial charge in [-0.3, -0.25) is 0 Å². The molecule has 0 bridgehead atoms. The highest BCUT2D eigenvalue weighted by Gasteiger charge is 2.27. The van der Waals surface area contributed by atoms with Crippen molar-refractivity contribution in [1.29, 1.82) is 0 Å². The maximum atomic E-state index is 12.9. The molecule has 4 nitrogen and oxygen atoms in total. The second kappa shape index (κ2) is 7.57. The summed E-state index contributed by atoms with van der Waals surface area (Å²) >= 11 is 0. The highest BCUT2D eigenvalue weighted by Crippen LogP contribution is 2.26. The molecule has 1 saturated heterocycles. The summed E-state index contributed by atoms with van der Waals surface area (Å²) in [4.78, 5) is 1.66. The maximum Gasteiger partial charge on any atom is 0.341 e. The van der Waals surface area contributed by atoms with Crippen molar-refractivity contribution in [3.05, 3.63) is 54.3 Å². The molecule has 0 aromatic heterocycles. The summed E-state index contributed by atoms with van der Waals surface area (Å²) in [5.41, 5.74) is 0.776. The van der Waals surface area contributed by atoms with Crippen molar-refractivity contribution >= 4 is 15.5 Å². The van der Waals surface area contributed by atoms with Crippen molar-refractivity contribution in [3.8, 4) is 5.75 Å². The summed E-state index contributed by atoms with van der Waals surface area (Å²) in [7, 11) is -4.57. The third-order valence-electron chi connectivity index (χ3n) is 4.32. The minimum Gasteiger partial charge on any atom is -0.490 e. The molecule has 0 amide bonds. The van der Waals surface area contributed by atoms with Crippen LogP contribution in [-0.4, -0.2) is 33.4 Å². The largest absolute Gasteiger partial charge is 0.490 e. The molecule has 1 aliphatic rings. The standard InChI is InChI=1S/C18H18F3NO3S/c19-13-1-5-15(6-2-13)25-16-9-11-22(12-10-16)14-3-7-17(8-4-14)26(23,24)18(20)21/h1-8,16,18H,9-12H2. The molecular formula is C18H18F3NO3S. The van der Waals surface area contributed by atoms with Crippen LogP contribution in [0, 0.1) is 5.82 Å². The highest BCUT2D eigenvalue weighted by molar-refractivity contribution is 7.91. The van der Waals surface area contributed by atoms with E-state index in [1.807, 2.05) is 4.90 Å². The Hall–Kier alpha value is -2.22. The molecule has 0 saturated carbocycles. The van der Waals surface area contributed by atoms with E-state index in [2.05, 4.69) is 0 Å². The number of benzene rings is 2. The number of rotatable bonds is 5. The summed E-state index contributed by atoms with van der Waals surface area (Å²) in [6.07, 6.45) is 1.50.